The van der Waals surface area contributed by atoms with Gasteiger partial charge >= 0.3 is 0 Å². The van der Waals surface area contributed by atoms with E-state index >= 15 is 0 Å². The minimum absolute atomic E-state index is 0.894. The second-order valence-electron chi connectivity index (χ2n) is 2.99. The minimum Gasteiger partial charge on any atom is -0.381 e. The van der Waals surface area contributed by atoms with Crippen molar-refractivity contribution in [2.45, 2.75) is 6.54 Å². The average Bonchev–Trinajstić information content (AvgIpc) is 2.70. The molecule has 3 heteroatoms. The standard InChI is InChI=1S/C11H10BrNS/c12-10-1-3-11(4-2-10)13-7-9-5-6-14-8-9/h1-6,8,13H,7H2. The SMILES string of the molecule is Brc1ccc(NCc2ccsc2)cc1. The quantitative estimate of drug-likeness (QED) is 0.882. The molecule has 0 atom stereocenters. The van der Waals surface area contributed by atoms with Crippen LogP contribution in [-0.2, 0) is 6.54 Å². The first-order valence-electron chi connectivity index (χ1n) is 4.35. The van der Waals surface area contributed by atoms with E-state index in [9.17, 15) is 0 Å². The predicted molar refractivity (Wildman–Crippen MR) is 65.8 cm³/mol. The van der Waals surface area contributed by atoms with Gasteiger partial charge in [-0.15, -0.1) is 0 Å². The van der Waals surface area contributed by atoms with Crippen LogP contribution in [0.4, 0.5) is 5.69 Å². The fraction of sp³-hybridized carbons (Fsp3) is 0.0909. The second kappa shape index (κ2) is 4.62. The lowest BCUT2D eigenvalue weighted by molar-refractivity contribution is 1.16. The van der Waals surface area contributed by atoms with Crippen LogP contribution in [0.5, 0.6) is 0 Å². The maximum Gasteiger partial charge on any atom is 0.0409 e. The van der Waals surface area contributed by atoms with Crippen molar-refractivity contribution >= 4 is 33.0 Å². The highest BCUT2D eigenvalue weighted by Crippen LogP contribution is 2.15. The van der Waals surface area contributed by atoms with Gasteiger partial charge in [0.1, 0.15) is 0 Å². The van der Waals surface area contributed by atoms with Gasteiger partial charge in [0.2, 0.25) is 0 Å². The summed E-state index contributed by atoms with van der Waals surface area (Å²) in [5, 5.41) is 7.61. The van der Waals surface area contributed by atoms with Gasteiger partial charge in [-0.2, -0.15) is 11.3 Å². The molecule has 14 heavy (non-hydrogen) atoms. The Morgan fingerprint density at radius 3 is 2.57 bits per heavy atom. The van der Waals surface area contributed by atoms with Crippen LogP contribution in [-0.4, -0.2) is 0 Å². The molecule has 1 N–H and O–H groups in total. The summed E-state index contributed by atoms with van der Waals surface area (Å²) in [6, 6.07) is 10.3. The van der Waals surface area contributed by atoms with Crippen LogP contribution in [0.2, 0.25) is 0 Å². The van der Waals surface area contributed by atoms with Crippen LogP contribution in [0.25, 0.3) is 0 Å². The van der Waals surface area contributed by atoms with Gasteiger partial charge < -0.3 is 5.32 Å². The molecule has 0 saturated heterocycles. The Morgan fingerprint density at radius 1 is 1.14 bits per heavy atom. The zero-order valence-electron chi connectivity index (χ0n) is 7.53. The van der Waals surface area contributed by atoms with Crippen LogP contribution < -0.4 is 5.32 Å². The van der Waals surface area contributed by atoms with Crippen molar-refractivity contribution < 1.29 is 0 Å². The molecular formula is C11H10BrNS. The number of thiophene rings is 1. The van der Waals surface area contributed by atoms with Crippen LogP contribution in [0.1, 0.15) is 5.56 Å². The van der Waals surface area contributed by atoms with Crippen molar-refractivity contribution in [3.63, 3.8) is 0 Å². The number of benzene rings is 1. The Balaban J connectivity index is 1.95. The van der Waals surface area contributed by atoms with Gasteiger partial charge in [0.25, 0.3) is 0 Å². The first-order valence-corrected chi connectivity index (χ1v) is 6.09. The van der Waals surface area contributed by atoms with Gasteiger partial charge in [-0.05, 0) is 46.7 Å². The largest absolute Gasteiger partial charge is 0.381 e. The Bertz CT molecular complexity index is 380. The highest BCUT2D eigenvalue weighted by molar-refractivity contribution is 9.10. The summed E-state index contributed by atoms with van der Waals surface area (Å²) in [5.74, 6) is 0. The van der Waals surface area contributed by atoms with Crippen molar-refractivity contribution in [1.82, 2.24) is 0 Å². The molecule has 0 aliphatic carbocycles. The van der Waals surface area contributed by atoms with Gasteiger partial charge in [0, 0.05) is 16.7 Å². The third kappa shape index (κ3) is 2.59. The Labute approximate surface area is 95.9 Å². The molecule has 72 valence electrons. The molecule has 1 heterocycles. The number of hydrogen-bond donors (Lipinski definition) is 1. The van der Waals surface area contributed by atoms with Crippen molar-refractivity contribution in [1.29, 1.82) is 0 Å². The van der Waals surface area contributed by atoms with Crippen LogP contribution in [0, 0.1) is 0 Å². The monoisotopic (exact) mass is 267 g/mol. The first-order chi connectivity index (χ1) is 6.84. The van der Waals surface area contributed by atoms with E-state index in [1.165, 1.54) is 5.56 Å². The van der Waals surface area contributed by atoms with E-state index in [4.69, 9.17) is 0 Å². The highest BCUT2D eigenvalue weighted by Gasteiger charge is 1.93. The van der Waals surface area contributed by atoms with Crippen LogP contribution in [0.3, 0.4) is 0 Å². The second-order valence-corrected chi connectivity index (χ2v) is 4.69. The van der Waals surface area contributed by atoms with E-state index in [-0.39, 0.29) is 0 Å². The molecule has 2 rings (SSSR count). The lowest BCUT2D eigenvalue weighted by atomic mass is 10.3. The summed E-state index contributed by atoms with van der Waals surface area (Å²) in [6.07, 6.45) is 0. The van der Waals surface area contributed by atoms with Gasteiger partial charge in [0.15, 0.2) is 0 Å². The summed E-state index contributed by atoms with van der Waals surface area (Å²) in [6.45, 7) is 0.894. The Hall–Kier alpha value is -0.800. The smallest absolute Gasteiger partial charge is 0.0409 e. The van der Waals surface area contributed by atoms with Gasteiger partial charge in [-0.1, -0.05) is 15.9 Å². The topological polar surface area (TPSA) is 12.0 Å². The van der Waals surface area contributed by atoms with Crippen molar-refractivity contribution in [3.8, 4) is 0 Å². The highest BCUT2D eigenvalue weighted by atomic mass is 79.9. The zero-order valence-corrected chi connectivity index (χ0v) is 9.94. The van der Waals surface area contributed by atoms with E-state index in [0.717, 1.165) is 16.7 Å². The number of halogens is 1. The summed E-state index contributed by atoms with van der Waals surface area (Å²) < 4.78 is 1.11. The van der Waals surface area contributed by atoms with Crippen molar-refractivity contribution in [3.05, 3.63) is 51.1 Å². The van der Waals surface area contributed by atoms with E-state index in [1.807, 2.05) is 12.1 Å². The molecule has 0 fully saturated rings. The lowest BCUT2D eigenvalue weighted by Gasteiger charge is -2.04. The number of anilines is 1. The minimum atomic E-state index is 0.894. The molecule has 0 amide bonds. The Kier molecular flexibility index (Phi) is 3.22. The molecule has 1 nitrogen and oxygen atoms in total. The van der Waals surface area contributed by atoms with E-state index in [1.54, 1.807) is 11.3 Å². The average molecular weight is 268 g/mol. The summed E-state index contributed by atoms with van der Waals surface area (Å²) in [5.41, 5.74) is 2.48. The van der Waals surface area contributed by atoms with Crippen LogP contribution in [0.15, 0.2) is 45.6 Å². The molecule has 2 aromatic rings. The molecule has 0 aliphatic rings. The normalized spacial score (nSPS) is 10.1. The molecule has 0 spiro atoms. The molecule has 1 aromatic heterocycles. The fourth-order valence-electron chi connectivity index (χ4n) is 1.17. The lowest BCUT2D eigenvalue weighted by Crippen LogP contribution is -1.97. The molecule has 0 saturated carbocycles. The van der Waals surface area contributed by atoms with Crippen LogP contribution >= 0.6 is 27.3 Å². The van der Waals surface area contributed by atoms with Gasteiger partial charge in [-0.25, -0.2) is 0 Å². The third-order valence-corrected chi connectivity index (χ3v) is 3.18. The maximum atomic E-state index is 3.41. The van der Waals surface area contributed by atoms with E-state index < -0.39 is 0 Å². The fourth-order valence-corrected chi connectivity index (χ4v) is 2.10. The van der Waals surface area contributed by atoms with E-state index in [0.29, 0.717) is 0 Å². The molecule has 0 unspecified atom stereocenters. The molecular weight excluding hydrogens is 258 g/mol. The molecule has 0 aliphatic heterocycles. The Morgan fingerprint density at radius 2 is 1.93 bits per heavy atom. The zero-order chi connectivity index (χ0) is 9.80. The molecule has 0 radical (unpaired) electrons. The first kappa shape index (κ1) is 9.74. The van der Waals surface area contributed by atoms with Crippen molar-refractivity contribution in [2.24, 2.45) is 0 Å². The summed E-state index contributed by atoms with van der Waals surface area (Å²) in [7, 11) is 0. The molecule has 0 bridgehead atoms. The third-order valence-electron chi connectivity index (χ3n) is 1.92. The number of nitrogens with one attached hydrogen (secondary N) is 1. The van der Waals surface area contributed by atoms with E-state index in [2.05, 4.69) is 50.2 Å². The number of hydrogen-bond acceptors (Lipinski definition) is 2. The van der Waals surface area contributed by atoms with Crippen molar-refractivity contribution in [2.75, 3.05) is 5.32 Å². The number of rotatable bonds is 3. The summed E-state index contributed by atoms with van der Waals surface area (Å²) in [4.78, 5) is 0. The van der Waals surface area contributed by atoms with Gasteiger partial charge in [0.05, 0.1) is 0 Å². The maximum absolute atomic E-state index is 3.41. The van der Waals surface area contributed by atoms with Gasteiger partial charge in [-0.3, -0.25) is 0 Å². The predicted octanol–water partition coefficient (Wildman–Crippen LogP) is 4.12. The molecule has 1 aromatic carbocycles. The summed E-state index contributed by atoms with van der Waals surface area (Å²) >= 11 is 5.14.